The molecule has 11 heteroatoms. The number of nitrogens with zero attached hydrogens (tertiary/aromatic N) is 2. The molecule has 3 amide bonds. The number of carbonyl (C=O) groups is 4. The second-order valence-electron chi connectivity index (χ2n) is 9.86. The molecule has 1 aliphatic heterocycles. The summed E-state index contributed by atoms with van der Waals surface area (Å²) in [6, 6.07) is 17.1. The van der Waals surface area contributed by atoms with Crippen LogP contribution in [0.25, 0.3) is 5.70 Å². The van der Waals surface area contributed by atoms with Gasteiger partial charge in [0.1, 0.15) is 18.6 Å². The Bertz CT molecular complexity index is 1420. The number of halogens is 3. The third-order valence-electron chi connectivity index (χ3n) is 6.55. The number of nitrogens with one attached hydrogen (secondary N) is 1. The van der Waals surface area contributed by atoms with Gasteiger partial charge in [-0.1, -0.05) is 80.6 Å². The first-order valence-electron chi connectivity index (χ1n) is 12.9. The summed E-state index contributed by atoms with van der Waals surface area (Å²) in [4.78, 5) is 55.7. The van der Waals surface area contributed by atoms with Gasteiger partial charge in [0.15, 0.2) is 0 Å². The summed E-state index contributed by atoms with van der Waals surface area (Å²) in [6.07, 6.45) is -4.05. The van der Waals surface area contributed by atoms with Crippen molar-refractivity contribution in [3.63, 3.8) is 0 Å². The number of Topliss-reactive ketones (excluding diaryl/α,β-unsaturated/α-hetero) is 1. The van der Waals surface area contributed by atoms with Gasteiger partial charge in [-0.15, -0.1) is 11.3 Å². The SMILES string of the molecule is CC(C)[C@H]1C(=O)N(CC(=O)N[C@@H](Cc2ccccc2)C(=O)C(F)(F)F)C(c2ccccc2)=CN1C(=O)c1cccs1. The first-order valence-corrected chi connectivity index (χ1v) is 13.7. The van der Waals surface area contributed by atoms with Gasteiger partial charge < -0.3 is 5.32 Å². The van der Waals surface area contributed by atoms with E-state index in [0.717, 1.165) is 4.90 Å². The maximum atomic E-state index is 13.9. The molecule has 0 spiro atoms. The van der Waals surface area contributed by atoms with Gasteiger partial charge in [-0.3, -0.25) is 29.0 Å². The molecule has 214 valence electrons. The average Bonchev–Trinajstić information content (AvgIpc) is 3.48. The van der Waals surface area contributed by atoms with Gasteiger partial charge in [-0.2, -0.15) is 13.2 Å². The molecule has 41 heavy (non-hydrogen) atoms. The Balaban J connectivity index is 1.68. The van der Waals surface area contributed by atoms with E-state index in [1.807, 2.05) is 0 Å². The van der Waals surface area contributed by atoms with Gasteiger partial charge in [-0.05, 0) is 28.5 Å². The zero-order valence-electron chi connectivity index (χ0n) is 22.3. The van der Waals surface area contributed by atoms with Crippen molar-refractivity contribution >= 4 is 40.5 Å². The van der Waals surface area contributed by atoms with Crippen molar-refractivity contribution in [1.29, 1.82) is 0 Å². The van der Waals surface area contributed by atoms with Crippen molar-refractivity contribution < 1.29 is 32.3 Å². The van der Waals surface area contributed by atoms with Crippen molar-refractivity contribution in [3.8, 4) is 0 Å². The van der Waals surface area contributed by atoms with Gasteiger partial charge in [0.05, 0.1) is 10.6 Å². The predicted molar refractivity (Wildman–Crippen MR) is 148 cm³/mol. The van der Waals surface area contributed by atoms with E-state index in [4.69, 9.17) is 0 Å². The molecule has 1 aliphatic rings. The number of hydrogen-bond acceptors (Lipinski definition) is 5. The Hall–Kier alpha value is -4.25. The molecule has 0 fully saturated rings. The van der Waals surface area contributed by atoms with Crippen LogP contribution in [0.5, 0.6) is 0 Å². The van der Waals surface area contributed by atoms with Crippen LogP contribution < -0.4 is 5.32 Å². The molecular weight excluding hydrogens is 555 g/mol. The number of benzene rings is 2. The summed E-state index contributed by atoms with van der Waals surface area (Å²) < 4.78 is 40.3. The van der Waals surface area contributed by atoms with Crippen LogP contribution in [-0.2, 0) is 20.8 Å². The van der Waals surface area contributed by atoms with E-state index in [1.54, 1.807) is 92.0 Å². The van der Waals surface area contributed by atoms with Crippen LogP contribution in [0.4, 0.5) is 13.2 Å². The lowest BCUT2D eigenvalue weighted by Crippen LogP contribution is -2.57. The lowest BCUT2D eigenvalue weighted by molar-refractivity contribution is -0.173. The van der Waals surface area contributed by atoms with Crippen molar-refractivity contribution in [2.75, 3.05) is 6.54 Å². The highest BCUT2D eigenvalue weighted by atomic mass is 32.1. The molecule has 2 atom stereocenters. The highest BCUT2D eigenvalue weighted by Crippen LogP contribution is 2.31. The Morgan fingerprint density at radius 2 is 1.59 bits per heavy atom. The Kier molecular flexibility index (Phi) is 9.07. The van der Waals surface area contributed by atoms with Gasteiger partial charge in [-0.25, -0.2) is 0 Å². The second kappa shape index (κ2) is 12.5. The third-order valence-corrected chi connectivity index (χ3v) is 7.41. The van der Waals surface area contributed by atoms with Gasteiger partial charge in [0.25, 0.3) is 17.6 Å². The number of rotatable bonds is 9. The molecule has 4 rings (SSSR count). The topological polar surface area (TPSA) is 86.8 Å². The van der Waals surface area contributed by atoms with E-state index in [1.165, 1.54) is 22.4 Å². The van der Waals surface area contributed by atoms with Crippen LogP contribution in [0.3, 0.4) is 0 Å². The maximum absolute atomic E-state index is 13.9. The molecule has 3 aromatic rings. The van der Waals surface area contributed by atoms with E-state index in [2.05, 4.69) is 5.32 Å². The minimum atomic E-state index is -5.17. The average molecular weight is 584 g/mol. The molecule has 2 heterocycles. The fourth-order valence-corrected chi connectivity index (χ4v) is 5.31. The zero-order chi connectivity index (χ0) is 29.7. The van der Waals surface area contributed by atoms with Crippen LogP contribution in [0.15, 0.2) is 84.4 Å². The second-order valence-corrected chi connectivity index (χ2v) is 10.8. The van der Waals surface area contributed by atoms with Gasteiger partial charge in [0, 0.05) is 12.6 Å². The third kappa shape index (κ3) is 6.91. The first kappa shape index (κ1) is 29.7. The number of ketones is 1. The van der Waals surface area contributed by atoms with E-state index in [9.17, 15) is 32.3 Å². The molecular formula is C30H28F3N3O4S. The number of thiophene rings is 1. The van der Waals surface area contributed by atoms with Crippen LogP contribution in [0.1, 0.15) is 34.6 Å². The molecule has 0 saturated heterocycles. The normalized spacial score (nSPS) is 16.4. The molecule has 0 radical (unpaired) electrons. The van der Waals surface area contributed by atoms with Crippen molar-refractivity contribution in [2.45, 2.75) is 38.5 Å². The molecule has 7 nitrogen and oxygen atoms in total. The largest absolute Gasteiger partial charge is 0.452 e. The molecule has 0 aliphatic carbocycles. The number of alkyl halides is 3. The van der Waals surface area contributed by atoms with Crippen molar-refractivity contribution in [3.05, 3.63) is 100 Å². The van der Waals surface area contributed by atoms with Crippen LogP contribution >= 0.6 is 11.3 Å². The Morgan fingerprint density at radius 3 is 2.15 bits per heavy atom. The van der Waals surface area contributed by atoms with Crippen LogP contribution in [0.2, 0.25) is 0 Å². The van der Waals surface area contributed by atoms with Crippen molar-refractivity contribution in [2.24, 2.45) is 5.92 Å². The monoisotopic (exact) mass is 583 g/mol. The van der Waals surface area contributed by atoms with Gasteiger partial charge in [0.2, 0.25) is 5.91 Å². The maximum Gasteiger partial charge on any atom is 0.452 e. The lowest BCUT2D eigenvalue weighted by Gasteiger charge is -2.41. The molecule has 1 N–H and O–H groups in total. The molecule has 1 aromatic heterocycles. The fourth-order valence-electron chi connectivity index (χ4n) is 4.64. The molecule has 2 aromatic carbocycles. The quantitative estimate of drug-likeness (QED) is 0.388. The molecule has 0 saturated carbocycles. The van der Waals surface area contributed by atoms with Crippen LogP contribution in [0, 0.1) is 5.92 Å². The summed E-state index contributed by atoms with van der Waals surface area (Å²) in [7, 11) is 0. The summed E-state index contributed by atoms with van der Waals surface area (Å²) in [5.74, 6) is -4.35. The van der Waals surface area contributed by atoms with E-state index >= 15 is 0 Å². The highest BCUT2D eigenvalue weighted by molar-refractivity contribution is 7.12. The smallest absolute Gasteiger partial charge is 0.344 e. The molecule has 0 bridgehead atoms. The van der Waals surface area contributed by atoms with E-state index in [0.29, 0.717) is 16.0 Å². The zero-order valence-corrected chi connectivity index (χ0v) is 23.1. The minimum Gasteiger partial charge on any atom is -0.344 e. The van der Waals surface area contributed by atoms with Gasteiger partial charge >= 0.3 is 6.18 Å². The fraction of sp³-hybridized carbons (Fsp3) is 0.267. The number of amides is 3. The standard InChI is InChI=1S/C30H28F3N3O4S/c1-19(2)26-29(40)35(18-25(37)34-22(27(38)30(31,32)33)16-20-10-5-3-6-11-20)23(21-12-7-4-8-13-21)17-36(26)28(39)24-14-9-15-41-24/h3-15,17,19,22,26H,16,18H2,1-2H3,(H,34,37)/t22-,26-/m0/s1. The Morgan fingerprint density at radius 1 is 0.951 bits per heavy atom. The van der Waals surface area contributed by atoms with Crippen molar-refractivity contribution in [1.82, 2.24) is 15.1 Å². The lowest BCUT2D eigenvalue weighted by atomic mass is 9.96. The summed E-state index contributed by atoms with van der Waals surface area (Å²) in [5, 5.41) is 3.95. The predicted octanol–water partition coefficient (Wildman–Crippen LogP) is 4.91. The summed E-state index contributed by atoms with van der Waals surface area (Å²) >= 11 is 1.23. The van der Waals surface area contributed by atoms with E-state index < -0.39 is 42.4 Å². The summed E-state index contributed by atoms with van der Waals surface area (Å²) in [5.41, 5.74) is 1.18. The molecule has 0 unspecified atom stereocenters. The Labute approximate surface area is 239 Å². The summed E-state index contributed by atoms with van der Waals surface area (Å²) in [6.45, 7) is 2.86. The number of hydrogen-bond donors (Lipinski definition) is 1. The number of carbonyl (C=O) groups excluding carboxylic acids is 4. The first-order chi connectivity index (χ1) is 19.5. The highest BCUT2D eigenvalue weighted by Gasteiger charge is 2.45. The minimum absolute atomic E-state index is 0.231. The van der Waals surface area contributed by atoms with E-state index in [-0.39, 0.29) is 23.9 Å². The van der Waals surface area contributed by atoms with Crippen LogP contribution in [-0.4, -0.2) is 58.1 Å².